The third-order valence-electron chi connectivity index (χ3n) is 2.57. The first-order chi connectivity index (χ1) is 8.63. The van der Waals surface area contributed by atoms with Crippen molar-refractivity contribution < 1.29 is 5.11 Å². The summed E-state index contributed by atoms with van der Waals surface area (Å²) in [5.74, 6) is 0.334. The van der Waals surface area contributed by atoms with Gasteiger partial charge >= 0.3 is 0 Å². The number of rotatable bonds is 4. The first-order valence-corrected chi connectivity index (χ1v) is 6.19. The van der Waals surface area contributed by atoms with Crippen LogP contribution in [0.25, 0.3) is 0 Å². The molecular weight excluding hydrogens is 252 g/mol. The molecule has 0 radical (unpaired) electrons. The monoisotopic (exact) mass is 266 g/mol. The van der Waals surface area contributed by atoms with Gasteiger partial charge in [-0.15, -0.1) is 0 Å². The molecule has 2 rings (SSSR count). The van der Waals surface area contributed by atoms with Crippen LogP contribution in [0.5, 0.6) is 0 Å². The highest BCUT2D eigenvalue weighted by Crippen LogP contribution is 2.26. The molecule has 18 heavy (non-hydrogen) atoms. The molecule has 0 bridgehead atoms. The second-order valence-corrected chi connectivity index (χ2v) is 4.53. The Balaban J connectivity index is 2.35. The molecule has 1 atom stereocenters. The molecule has 2 aromatic heterocycles. The minimum Gasteiger partial charge on any atom is -0.379 e. The molecule has 0 aliphatic rings. The maximum Gasteiger partial charge on any atom is 0.163 e. The van der Waals surface area contributed by atoms with Crippen molar-refractivity contribution in [3.63, 3.8) is 0 Å². The lowest BCUT2D eigenvalue weighted by Gasteiger charge is -2.12. The first kappa shape index (κ1) is 13.0. The Hall–Kier alpha value is -1.46. The molecule has 0 saturated carbocycles. The number of hydrogen-bond donors (Lipinski definition) is 1. The molecule has 2 aromatic rings. The molecule has 1 N–H and O–H groups in total. The van der Waals surface area contributed by atoms with E-state index < -0.39 is 6.10 Å². The van der Waals surface area contributed by atoms with Crippen molar-refractivity contribution >= 4 is 11.6 Å². The number of nitrogens with zero attached hydrogens (tertiary/aromatic N) is 4. The molecule has 1 unspecified atom stereocenters. The van der Waals surface area contributed by atoms with E-state index in [0.717, 1.165) is 12.0 Å². The van der Waals surface area contributed by atoms with Crippen molar-refractivity contribution in [2.45, 2.75) is 32.9 Å². The molecule has 96 valence electrons. The van der Waals surface area contributed by atoms with Crippen LogP contribution in [0.4, 0.5) is 0 Å². The minimum absolute atomic E-state index is 0.334. The van der Waals surface area contributed by atoms with Gasteiger partial charge < -0.3 is 5.11 Å². The fourth-order valence-corrected chi connectivity index (χ4v) is 1.94. The van der Waals surface area contributed by atoms with Crippen molar-refractivity contribution in [1.29, 1.82) is 0 Å². The summed E-state index contributed by atoms with van der Waals surface area (Å²) in [4.78, 5) is 8.23. The average molecular weight is 267 g/mol. The average Bonchev–Trinajstić information content (AvgIpc) is 2.71. The molecule has 0 aromatic carbocycles. The van der Waals surface area contributed by atoms with Gasteiger partial charge in [-0.25, -0.2) is 9.97 Å². The van der Waals surface area contributed by atoms with Crippen LogP contribution in [-0.2, 0) is 6.54 Å². The van der Waals surface area contributed by atoms with E-state index in [1.54, 1.807) is 17.1 Å². The van der Waals surface area contributed by atoms with Crippen LogP contribution in [0.3, 0.4) is 0 Å². The Morgan fingerprint density at radius 1 is 1.33 bits per heavy atom. The number of aliphatic hydroxyl groups is 1. The highest BCUT2D eigenvalue weighted by Gasteiger charge is 2.21. The van der Waals surface area contributed by atoms with Gasteiger partial charge in [-0.3, -0.25) is 4.68 Å². The van der Waals surface area contributed by atoms with E-state index >= 15 is 0 Å². The van der Waals surface area contributed by atoms with Gasteiger partial charge in [0.1, 0.15) is 0 Å². The van der Waals surface area contributed by atoms with Crippen LogP contribution in [0, 0.1) is 6.92 Å². The molecule has 5 nitrogen and oxygen atoms in total. The Bertz CT molecular complexity index is 523. The quantitative estimate of drug-likeness (QED) is 0.921. The topological polar surface area (TPSA) is 63.8 Å². The van der Waals surface area contributed by atoms with Gasteiger partial charge in [0.05, 0.1) is 16.9 Å². The van der Waals surface area contributed by atoms with Gasteiger partial charge in [0.2, 0.25) is 0 Å². The summed E-state index contributed by atoms with van der Waals surface area (Å²) in [6.07, 6.45) is 4.82. The van der Waals surface area contributed by atoms with E-state index in [9.17, 15) is 5.11 Å². The predicted molar refractivity (Wildman–Crippen MR) is 68.4 cm³/mol. The standard InChI is InChI=1S/C12H15ClN4O/c1-3-4-17-10(9(13)7-16-17)11(18)12-14-5-8(2)6-15-12/h5-7,11,18H,3-4H2,1-2H3. The zero-order valence-corrected chi connectivity index (χ0v) is 11.1. The fraction of sp³-hybridized carbons (Fsp3) is 0.417. The first-order valence-electron chi connectivity index (χ1n) is 5.81. The van der Waals surface area contributed by atoms with Crippen LogP contribution in [0.2, 0.25) is 5.02 Å². The Morgan fingerprint density at radius 3 is 2.61 bits per heavy atom. The number of hydrogen-bond acceptors (Lipinski definition) is 4. The van der Waals surface area contributed by atoms with Crippen LogP contribution in [0.1, 0.15) is 36.5 Å². The van der Waals surface area contributed by atoms with E-state index in [2.05, 4.69) is 15.1 Å². The summed E-state index contributed by atoms with van der Waals surface area (Å²) in [5, 5.41) is 14.9. The molecule has 6 heteroatoms. The van der Waals surface area contributed by atoms with Gasteiger partial charge in [0.25, 0.3) is 0 Å². The van der Waals surface area contributed by atoms with Gasteiger partial charge in [0.15, 0.2) is 11.9 Å². The van der Waals surface area contributed by atoms with Gasteiger partial charge in [-0.2, -0.15) is 5.10 Å². The smallest absolute Gasteiger partial charge is 0.163 e. The van der Waals surface area contributed by atoms with Crippen molar-refractivity contribution in [3.05, 3.63) is 40.7 Å². The predicted octanol–water partition coefficient (Wildman–Crippen LogP) is 2.13. The maximum atomic E-state index is 10.3. The SMILES string of the molecule is CCCn1ncc(Cl)c1C(O)c1ncc(C)cn1. The van der Waals surface area contributed by atoms with Crippen molar-refractivity contribution in [2.24, 2.45) is 0 Å². The molecule has 0 aliphatic carbocycles. The Morgan fingerprint density at radius 2 is 2.00 bits per heavy atom. The summed E-state index contributed by atoms with van der Waals surface area (Å²) in [5.41, 5.74) is 1.49. The normalized spacial score (nSPS) is 12.7. The number of aliphatic hydroxyl groups excluding tert-OH is 1. The second-order valence-electron chi connectivity index (χ2n) is 4.12. The summed E-state index contributed by atoms with van der Waals surface area (Å²) in [6, 6.07) is 0. The zero-order valence-electron chi connectivity index (χ0n) is 10.3. The van der Waals surface area contributed by atoms with E-state index in [0.29, 0.717) is 23.1 Å². The lowest BCUT2D eigenvalue weighted by Crippen LogP contribution is -2.13. The van der Waals surface area contributed by atoms with Crippen LogP contribution >= 0.6 is 11.6 Å². The summed E-state index contributed by atoms with van der Waals surface area (Å²) < 4.78 is 1.69. The van der Waals surface area contributed by atoms with Gasteiger partial charge in [-0.05, 0) is 18.9 Å². The van der Waals surface area contributed by atoms with Crippen LogP contribution in [0.15, 0.2) is 18.6 Å². The molecule has 0 aliphatic heterocycles. The number of aryl methyl sites for hydroxylation is 2. The summed E-state index contributed by atoms with van der Waals surface area (Å²) >= 11 is 6.06. The van der Waals surface area contributed by atoms with Crippen molar-refractivity contribution in [3.8, 4) is 0 Å². The zero-order chi connectivity index (χ0) is 13.1. The van der Waals surface area contributed by atoms with Crippen molar-refractivity contribution in [1.82, 2.24) is 19.7 Å². The Labute approximate surface area is 110 Å². The second kappa shape index (κ2) is 5.46. The molecule has 0 saturated heterocycles. The van der Waals surface area contributed by atoms with E-state index in [4.69, 9.17) is 11.6 Å². The molecule has 0 amide bonds. The summed E-state index contributed by atoms with van der Waals surface area (Å²) in [7, 11) is 0. The number of aromatic nitrogens is 4. The van der Waals surface area contributed by atoms with Crippen LogP contribution < -0.4 is 0 Å². The summed E-state index contributed by atoms with van der Waals surface area (Å²) in [6.45, 7) is 4.63. The fourth-order valence-electron chi connectivity index (χ4n) is 1.70. The van der Waals surface area contributed by atoms with Crippen molar-refractivity contribution in [2.75, 3.05) is 0 Å². The molecule has 0 fully saturated rings. The van der Waals surface area contributed by atoms with E-state index in [-0.39, 0.29) is 0 Å². The molecule has 0 spiro atoms. The largest absolute Gasteiger partial charge is 0.379 e. The molecular formula is C12H15ClN4O. The molecule has 2 heterocycles. The number of halogens is 1. The highest BCUT2D eigenvalue weighted by atomic mass is 35.5. The van der Waals surface area contributed by atoms with E-state index in [1.165, 1.54) is 6.20 Å². The van der Waals surface area contributed by atoms with Gasteiger partial charge in [-0.1, -0.05) is 18.5 Å². The third kappa shape index (κ3) is 2.52. The third-order valence-corrected chi connectivity index (χ3v) is 2.86. The Kier molecular flexibility index (Phi) is 3.93. The minimum atomic E-state index is -0.952. The van der Waals surface area contributed by atoms with Crippen LogP contribution in [-0.4, -0.2) is 24.9 Å². The van der Waals surface area contributed by atoms with Gasteiger partial charge in [0, 0.05) is 18.9 Å². The maximum absolute atomic E-state index is 10.3. The highest BCUT2D eigenvalue weighted by molar-refractivity contribution is 6.31. The lowest BCUT2D eigenvalue weighted by atomic mass is 10.2. The van der Waals surface area contributed by atoms with E-state index in [1.807, 2.05) is 13.8 Å². The lowest BCUT2D eigenvalue weighted by molar-refractivity contribution is 0.197.